The van der Waals surface area contributed by atoms with Gasteiger partial charge in [-0.05, 0) is 98.8 Å². The van der Waals surface area contributed by atoms with Crippen molar-refractivity contribution in [2.75, 3.05) is 0 Å². The minimum Gasteiger partial charge on any atom is -0.487 e. The van der Waals surface area contributed by atoms with Gasteiger partial charge in [-0.25, -0.2) is 9.79 Å². The molecule has 1 heterocycles. The lowest BCUT2D eigenvalue weighted by Crippen LogP contribution is -2.06. The standard InChI is InChI=1S/C23H12BrClI2N2O5/c24-15-3-1-2-12(6-15)11-33-21-17(26)7-13(8-18(21)27)9-19-23(30)34-22(28-19)14-4-5-16(25)20(10-14)29(31)32/h1-10H,11H2/b19-9-. The van der Waals surface area contributed by atoms with E-state index in [0.29, 0.717) is 6.61 Å². The average Bonchev–Trinajstić information content (AvgIpc) is 3.13. The number of rotatable bonds is 6. The van der Waals surface area contributed by atoms with Crippen LogP contribution in [0.3, 0.4) is 0 Å². The summed E-state index contributed by atoms with van der Waals surface area (Å²) in [6, 6.07) is 15.7. The molecule has 4 rings (SSSR count). The number of nitro groups is 1. The fraction of sp³-hybridized carbons (Fsp3) is 0.0435. The molecule has 0 fully saturated rings. The van der Waals surface area contributed by atoms with E-state index in [1.54, 1.807) is 6.08 Å². The van der Waals surface area contributed by atoms with Gasteiger partial charge in [0.1, 0.15) is 17.4 Å². The second-order valence-corrected chi connectivity index (χ2v) is 10.6. The van der Waals surface area contributed by atoms with Crippen molar-refractivity contribution in [1.29, 1.82) is 0 Å². The first-order valence-electron chi connectivity index (χ1n) is 9.54. The first kappa shape index (κ1) is 25.1. The molecule has 0 bridgehead atoms. The SMILES string of the molecule is O=C1OC(c2ccc(Cl)c([N+](=O)[O-])c2)=N/C1=C\c1cc(I)c(OCc2cccc(Br)c2)c(I)c1. The average molecular weight is 766 g/mol. The van der Waals surface area contributed by atoms with Gasteiger partial charge in [0.25, 0.3) is 5.69 Å². The normalized spacial score (nSPS) is 14.2. The highest BCUT2D eigenvalue weighted by Crippen LogP contribution is 2.32. The van der Waals surface area contributed by atoms with Gasteiger partial charge in [0.15, 0.2) is 5.70 Å². The zero-order valence-corrected chi connectivity index (χ0v) is 23.6. The second kappa shape index (κ2) is 10.7. The molecule has 0 N–H and O–H groups in total. The summed E-state index contributed by atoms with van der Waals surface area (Å²) in [6.07, 6.45) is 1.60. The number of aliphatic imine (C=N–C) groups is 1. The largest absolute Gasteiger partial charge is 0.487 e. The molecule has 0 spiro atoms. The van der Waals surface area contributed by atoms with E-state index in [9.17, 15) is 14.9 Å². The molecule has 0 radical (unpaired) electrons. The highest BCUT2D eigenvalue weighted by atomic mass is 127. The predicted molar refractivity (Wildman–Crippen MR) is 149 cm³/mol. The van der Waals surface area contributed by atoms with Crippen LogP contribution in [0.25, 0.3) is 6.08 Å². The maximum atomic E-state index is 12.4. The molecule has 11 heteroatoms. The van der Waals surface area contributed by atoms with Crippen molar-refractivity contribution in [3.05, 3.63) is 104 Å². The minimum atomic E-state index is -0.646. The predicted octanol–water partition coefficient (Wildman–Crippen LogP) is 7.14. The van der Waals surface area contributed by atoms with Crippen LogP contribution in [0.1, 0.15) is 16.7 Å². The number of carbonyl (C=O) groups excluding carboxylic acids is 1. The molecule has 0 atom stereocenters. The van der Waals surface area contributed by atoms with Gasteiger partial charge in [0, 0.05) is 16.1 Å². The molecule has 0 saturated heterocycles. The Morgan fingerprint density at radius 3 is 2.56 bits per heavy atom. The lowest BCUT2D eigenvalue weighted by molar-refractivity contribution is -0.384. The Labute approximate surface area is 234 Å². The number of halogens is 4. The Kier molecular flexibility index (Phi) is 7.90. The fourth-order valence-electron chi connectivity index (χ4n) is 3.06. The molecule has 1 aliphatic rings. The molecule has 3 aromatic rings. The summed E-state index contributed by atoms with van der Waals surface area (Å²) in [5, 5.41) is 11.1. The van der Waals surface area contributed by atoms with Crippen molar-refractivity contribution < 1.29 is 19.2 Å². The Balaban J connectivity index is 1.57. The van der Waals surface area contributed by atoms with Crippen LogP contribution in [0.15, 0.2) is 69.8 Å². The number of ether oxygens (including phenoxy) is 2. The van der Waals surface area contributed by atoms with Gasteiger partial charge in [-0.3, -0.25) is 10.1 Å². The second-order valence-electron chi connectivity index (χ2n) is 6.99. The minimum absolute atomic E-state index is 0.0132. The third kappa shape index (κ3) is 5.78. The Hall–Kier alpha value is -2.03. The molecule has 1 aliphatic heterocycles. The van der Waals surface area contributed by atoms with Gasteiger partial charge >= 0.3 is 5.97 Å². The smallest absolute Gasteiger partial charge is 0.363 e. The number of nitro benzene ring substituents is 1. The first-order chi connectivity index (χ1) is 16.2. The first-order valence-corrected chi connectivity index (χ1v) is 12.9. The molecule has 0 amide bonds. The van der Waals surface area contributed by atoms with Crippen LogP contribution in [0.2, 0.25) is 5.02 Å². The van der Waals surface area contributed by atoms with Crippen molar-refractivity contribution in [1.82, 2.24) is 0 Å². The number of hydrogen-bond donors (Lipinski definition) is 0. The van der Waals surface area contributed by atoms with Crippen LogP contribution in [-0.2, 0) is 16.1 Å². The van der Waals surface area contributed by atoms with Gasteiger partial charge < -0.3 is 9.47 Å². The molecule has 0 aliphatic carbocycles. The van der Waals surface area contributed by atoms with E-state index in [2.05, 4.69) is 66.1 Å². The fourth-order valence-corrected chi connectivity index (χ4v) is 5.82. The molecule has 34 heavy (non-hydrogen) atoms. The summed E-state index contributed by atoms with van der Waals surface area (Å²) >= 11 is 13.7. The maximum Gasteiger partial charge on any atom is 0.363 e. The van der Waals surface area contributed by atoms with E-state index >= 15 is 0 Å². The van der Waals surface area contributed by atoms with Crippen molar-refractivity contribution in [3.8, 4) is 5.75 Å². The van der Waals surface area contributed by atoms with Gasteiger partial charge in [-0.1, -0.05) is 39.7 Å². The van der Waals surface area contributed by atoms with Crippen LogP contribution >= 0.6 is 72.7 Å². The highest BCUT2D eigenvalue weighted by molar-refractivity contribution is 14.1. The Bertz CT molecular complexity index is 1370. The summed E-state index contributed by atoms with van der Waals surface area (Å²) in [5.74, 6) is 0.0805. The number of esters is 1. The highest BCUT2D eigenvalue weighted by Gasteiger charge is 2.26. The zero-order valence-electron chi connectivity index (χ0n) is 16.9. The number of benzene rings is 3. The van der Waals surface area contributed by atoms with Gasteiger partial charge in [0.05, 0.1) is 12.1 Å². The summed E-state index contributed by atoms with van der Waals surface area (Å²) in [5.41, 5.74) is 1.85. The summed E-state index contributed by atoms with van der Waals surface area (Å²) < 4.78 is 14.0. The van der Waals surface area contributed by atoms with Crippen molar-refractivity contribution in [2.24, 2.45) is 4.99 Å². The number of hydrogen-bond acceptors (Lipinski definition) is 6. The van der Waals surface area contributed by atoms with E-state index in [1.807, 2.05) is 36.4 Å². The van der Waals surface area contributed by atoms with Crippen LogP contribution in [0, 0.1) is 17.3 Å². The van der Waals surface area contributed by atoms with Gasteiger partial charge in [-0.2, -0.15) is 0 Å². The van der Waals surface area contributed by atoms with Crippen molar-refractivity contribution in [2.45, 2.75) is 6.61 Å². The molecule has 172 valence electrons. The van der Waals surface area contributed by atoms with E-state index in [1.165, 1.54) is 18.2 Å². The third-order valence-electron chi connectivity index (χ3n) is 4.61. The maximum absolute atomic E-state index is 12.4. The van der Waals surface area contributed by atoms with Crippen molar-refractivity contribution in [3.63, 3.8) is 0 Å². The number of cyclic esters (lactones) is 1. The van der Waals surface area contributed by atoms with E-state index in [0.717, 1.165) is 28.5 Å². The van der Waals surface area contributed by atoms with Gasteiger partial charge in [0.2, 0.25) is 5.90 Å². The van der Waals surface area contributed by atoms with E-state index < -0.39 is 10.9 Å². The van der Waals surface area contributed by atoms with Crippen LogP contribution in [-0.4, -0.2) is 16.8 Å². The third-order valence-corrected chi connectivity index (χ3v) is 7.02. The molecule has 0 saturated carbocycles. The van der Waals surface area contributed by atoms with E-state index in [-0.39, 0.29) is 27.9 Å². The summed E-state index contributed by atoms with van der Waals surface area (Å²) in [7, 11) is 0. The molecular weight excluding hydrogens is 753 g/mol. The molecule has 0 unspecified atom stereocenters. The van der Waals surface area contributed by atoms with Gasteiger partial charge in [-0.15, -0.1) is 0 Å². The van der Waals surface area contributed by atoms with Crippen LogP contribution < -0.4 is 4.74 Å². The quantitative estimate of drug-likeness (QED) is 0.0876. The zero-order chi connectivity index (χ0) is 24.4. The topological polar surface area (TPSA) is 91.0 Å². The summed E-state index contributed by atoms with van der Waals surface area (Å²) in [4.78, 5) is 27.1. The molecule has 0 aromatic heterocycles. The monoisotopic (exact) mass is 764 g/mol. The van der Waals surface area contributed by atoms with E-state index in [4.69, 9.17) is 21.1 Å². The molecule has 3 aromatic carbocycles. The van der Waals surface area contributed by atoms with Crippen molar-refractivity contribution >= 4 is 96.3 Å². The number of nitrogens with zero attached hydrogens (tertiary/aromatic N) is 2. The Morgan fingerprint density at radius 2 is 1.88 bits per heavy atom. The molecule has 7 nitrogen and oxygen atoms in total. The Morgan fingerprint density at radius 1 is 1.15 bits per heavy atom. The van der Waals surface area contributed by atoms with Crippen LogP contribution in [0.5, 0.6) is 5.75 Å². The lowest BCUT2D eigenvalue weighted by atomic mass is 10.2. The summed E-state index contributed by atoms with van der Waals surface area (Å²) in [6.45, 7) is 0.416. The number of carbonyl (C=O) groups is 1. The molecular formula is C23H12BrClI2N2O5. The van der Waals surface area contributed by atoms with Crippen LogP contribution in [0.4, 0.5) is 5.69 Å². The lowest BCUT2D eigenvalue weighted by Gasteiger charge is -2.12.